The van der Waals surface area contributed by atoms with Crippen molar-refractivity contribution in [2.75, 3.05) is 11.4 Å². The van der Waals surface area contributed by atoms with Crippen LogP contribution in [0.25, 0.3) is 16.7 Å². The van der Waals surface area contributed by atoms with Gasteiger partial charge in [-0.3, -0.25) is 4.57 Å². The molecular weight excluding hydrogens is 380 g/mol. The number of nitriles is 1. The Hall–Kier alpha value is -2.51. The van der Waals surface area contributed by atoms with E-state index in [-0.39, 0.29) is 0 Å². The Morgan fingerprint density at radius 2 is 1.93 bits per heavy atom. The minimum absolute atomic E-state index is 0.567. The first-order valence-electron chi connectivity index (χ1n) is 10.6. The third kappa shape index (κ3) is 3.49. The molecule has 1 aliphatic heterocycles. The number of halogens is 1. The summed E-state index contributed by atoms with van der Waals surface area (Å²) in [6, 6.07) is 10.4. The van der Waals surface area contributed by atoms with E-state index >= 15 is 0 Å². The van der Waals surface area contributed by atoms with Gasteiger partial charge in [0.1, 0.15) is 5.65 Å². The standard InChI is InChI=1S/C24H27ClN4/c1-4-6-19(7-5-2)28-11-10-18-15-29(21-9-8-17(14-26)13-20(21)25)24-23(18)22(28)12-16(3)27-24/h8-9,12-13,15,19H,4-7,10-11H2,1-3H3. The quantitative estimate of drug-likeness (QED) is 0.490. The number of rotatable bonds is 6. The van der Waals surface area contributed by atoms with Gasteiger partial charge in [0.25, 0.3) is 0 Å². The molecule has 1 aromatic carbocycles. The number of nitrogens with zero attached hydrogens (tertiary/aromatic N) is 4. The fraction of sp³-hybridized carbons (Fsp3) is 0.417. The molecule has 5 heteroatoms. The van der Waals surface area contributed by atoms with Crippen LogP contribution in [0.4, 0.5) is 5.69 Å². The topological polar surface area (TPSA) is 44.9 Å². The molecule has 0 unspecified atom stereocenters. The number of hydrogen-bond acceptors (Lipinski definition) is 3. The highest BCUT2D eigenvalue weighted by atomic mass is 35.5. The van der Waals surface area contributed by atoms with Gasteiger partial charge < -0.3 is 4.90 Å². The molecule has 4 rings (SSSR count). The van der Waals surface area contributed by atoms with E-state index in [9.17, 15) is 0 Å². The van der Waals surface area contributed by atoms with Gasteiger partial charge in [-0.15, -0.1) is 0 Å². The van der Waals surface area contributed by atoms with Crippen LogP contribution in [0.5, 0.6) is 0 Å². The number of anilines is 1. The summed E-state index contributed by atoms with van der Waals surface area (Å²) in [6.45, 7) is 7.65. The summed E-state index contributed by atoms with van der Waals surface area (Å²) in [5.74, 6) is 0. The zero-order valence-corrected chi connectivity index (χ0v) is 18.1. The van der Waals surface area contributed by atoms with Crippen LogP contribution in [0.2, 0.25) is 5.02 Å². The fourth-order valence-corrected chi connectivity index (χ4v) is 4.91. The number of aromatic nitrogens is 2. The molecular formula is C24H27ClN4. The normalized spacial score (nSPS) is 13.3. The zero-order valence-electron chi connectivity index (χ0n) is 17.4. The summed E-state index contributed by atoms with van der Waals surface area (Å²) >= 11 is 6.54. The molecule has 1 aliphatic rings. The number of aryl methyl sites for hydroxylation is 1. The second kappa shape index (κ2) is 8.08. The molecule has 0 saturated carbocycles. The van der Waals surface area contributed by atoms with E-state index in [1.165, 1.54) is 42.3 Å². The Bertz CT molecular complexity index is 1090. The van der Waals surface area contributed by atoms with Gasteiger partial charge in [0, 0.05) is 29.9 Å². The fourth-order valence-electron chi connectivity index (χ4n) is 4.64. The summed E-state index contributed by atoms with van der Waals surface area (Å²) in [7, 11) is 0. The molecule has 3 aromatic rings. The smallest absolute Gasteiger partial charge is 0.147 e. The zero-order chi connectivity index (χ0) is 20.5. The number of benzene rings is 1. The van der Waals surface area contributed by atoms with Crippen molar-refractivity contribution >= 4 is 28.3 Å². The van der Waals surface area contributed by atoms with E-state index < -0.39 is 0 Å². The molecule has 0 aliphatic carbocycles. The molecule has 150 valence electrons. The molecule has 0 bridgehead atoms. The highest BCUT2D eigenvalue weighted by Crippen LogP contribution is 2.39. The highest BCUT2D eigenvalue weighted by Gasteiger charge is 2.28. The van der Waals surface area contributed by atoms with Crippen molar-refractivity contribution in [2.24, 2.45) is 0 Å². The van der Waals surface area contributed by atoms with Crippen LogP contribution in [0.3, 0.4) is 0 Å². The maximum atomic E-state index is 9.15. The predicted octanol–water partition coefficient (Wildman–Crippen LogP) is 6.19. The van der Waals surface area contributed by atoms with E-state index in [1.807, 2.05) is 12.1 Å². The Balaban J connectivity index is 1.89. The first-order valence-corrected chi connectivity index (χ1v) is 10.9. The average molecular weight is 407 g/mol. The van der Waals surface area contributed by atoms with E-state index in [0.29, 0.717) is 16.6 Å². The second-order valence-corrected chi connectivity index (χ2v) is 8.37. The summed E-state index contributed by atoms with van der Waals surface area (Å²) in [4.78, 5) is 7.51. The van der Waals surface area contributed by atoms with Crippen molar-refractivity contribution in [1.82, 2.24) is 9.55 Å². The number of pyridine rings is 1. The van der Waals surface area contributed by atoms with Crippen LogP contribution < -0.4 is 4.90 Å². The number of hydrogen-bond donors (Lipinski definition) is 0. The molecule has 0 saturated heterocycles. The lowest BCUT2D eigenvalue weighted by Gasteiger charge is -2.37. The molecule has 4 nitrogen and oxygen atoms in total. The highest BCUT2D eigenvalue weighted by molar-refractivity contribution is 6.32. The Labute approximate surface area is 177 Å². The van der Waals surface area contributed by atoms with Crippen LogP contribution in [0, 0.1) is 18.3 Å². The third-order valence-electron chi connectivity index (χ3n) is 5.89. The van der Waals surface area contributed by atoms with Crippen LogP contribution in [0.15, 0.2) is 30.5 Å². The van der Waals surface area contributed by atoms with Gasteiger partial charge in [0.2, 0.25) is 0 Å². The first kappa shape index (κ1) is 19.8. The lowest BCUT2D eigenvalue weighted by atomic mass is 9.98. The third-order valence-corrected chi connectivity index (χ3v) is 6.20. The SMILES string of the molecule is CCCC(CCC)N1CCc2cn(-c3ccc(C#N)cc3Cl)c3nc(C)cc1c23. The van der Waals surface area contributed by atoms with Gasteiger partial charge in [-0.2, -0.15) is 5.26 Å². The van der Waals surface area contributed by atoms with Gasteiger partial charge in [-0.25, -0.2) is 4.98 Å². The van der Waals surface area contributed by atoms with Gasteiger partial charge in [0.15, 0.2) is 0 Å². The minimum Gasteiger partial charge on any atom is -0.368 e. The van der Waals surface area contributed by atoms with Crippen molar-refractivity contribution in [2.45, 2.75) is 58.9 Å². The van der Waals surface area contributed by atoms with Gasteiger partial charge in [-0.1, -0.05) is 38.3 Å². The molecule has 3 heterocycles. The molecule has 2 aromatic heterocycles. The van der Waals surface area contributed by atoms with Crippen molar-refractivity contribution in [3.8, 4) is 11.8 Å². The summed E-state index contributed by atoms with van der Waals surface area (Å²) < 4.78 is 2.10. The van der Waals surface area contributed by atoms with Gasteiger partial charge >= 0.3 is 0 Å². The Morgan fingerprint density at radius 1 is 1.17 bits per heavy atom. The Morgan fingerprint density at radius 3 is 2.59 bits per heavy atom. The summed E-state index contributed by atoms with van der Waals surface area (Å²) in [5, 5.41) is 11.0. The predicted molar refractivity (Wildman–Crippen MR) is 120 cm³/mol. The first-order chi connectivity index (χ1) is 14.1. The molecule has 0 fully saturated rings. The van der Waals surface area contributed by atoms with Crippen molar-refractivity contribution in [3.63, 3.8) is 0 Å². The van der Waals surface area contributed by atoms with E-state index in [0.717, 1.165) is 30.0 Å². The Kier molecular flexibility index (Phi) is 5.52. The monoisotopic (exact) mass is 406 g/mol. The summed E-state index contributed by atoms with van der Waals surface area (Å²) in [6.07, 6.45) is 8.02. The van der Waals surface area contributed by atoms with Crippen LogP contribution in [-0.2, 0) is 6.42 Å². The lowest BCUT2D eigenvalue weighted by Crippen LogP contribution is -2.38. The lowest BCUT2D eigenvalue weighted by molar-refractivity contribution is 0.502. The molecule has 0 N–H and O–H groups in total. The maximum absolute atomic E-state index is 9.15. The van der Waals surface area contributed by atoms with Crippen LogP contribution >= 0.6 is 11.6 Å². The van der Waals surface area contributed by atoms with E-state index in [2.05, 4.69) is 48.6 Å². The van der Waals surface area contributed by atoms with Gasteiger partial charge in [-0.05, 0) is 56.0 Å². The van der Waals surface area contributed by atoms with Crippen LogP contribution in [-0.4, -0.2) is 22.1 Å². The van der Waals surface area contributed by atoms with Crippen molar-refractivity contribution < 1.29 is 0 Å². The second-order valence-electron chi connectivity index (χ2n) is 7.96. The van der Waals surface area contributed by atoms with E-state index in [4.69, 9.17) is 21.8 Å². The summed E-state index contributed by atoms with van der Waals surface area (Å²) in [5.41, 5.74) is 6.05. The van der Waals surface area contributed by atoms with Crippen molar-refractivity contribution in [1.29, 1.82) is 5.26 Å². The molecule has 0 spiro atoms. The van der Waals surface area contributed by atoms with Crippen LogP contribution in [0.1, 0.15) is 56.4 Å². The average Bonchev–Trinajstić information content (AvgIpc) is 3.07. The van der Waals surface area contributed by atoms with Crippen molar-refractivity contribution in [3.05, 3.63) is 52.3 Å². The minimum atomic E-state index is 0.567. The van der Waals surface area contributed by atoms with E-state index in [1.54, 1.807) is 6.07 Å². The maximum Gasteiger partial charge on any atom is 0.147 e. The van der Waals surface area contributed by atoms with Gasteiger partial charge in [0.05, 0.1) is 28.0 Å². The molecule has 0 atom stereocenters. The molecule has 0 amide bonds. The largest absolute Gasteiger partial charge is 0.368 e. The molecule has 29 heavy (non-hydrogen) atoms. The molecule has 0 radical (unpaired) electrons.